The Labute approximate surface area is 147 Å². The van der Waals surface area contributed by atoms with Gasteiger partial charge in [-0.25, -0.2) is 17.5 Å². The molecule has 0 aliphatic rings. The lowest BCUT2D eigenvalue weighted by atomic mass is 10.1. The fourth-order valence-electron chi connectivity index (χ4n) is 2.28. The number of benzene rings is 2. The molecule has 0 bridgehead atoms. The maximum absolute atomic E-state index is 13.5. The van der Waals surface area contributed by atoms with Gasteiger partial charge in [0.05, 0.1) is 5.75 Å². The molecule has 2 N–H and O–H groups in total. The molecule has 2 rings (SSSR count). The molecule has 0 fully saturated rings. The van der Waals surface area contributed by atoms with Crippen LogP contribution in [0.5, 0.6) is 0 Å². The maximum Gasteiger partial charge on any atom is 0.220 e. The highest BCUT2D eigenvalue weighted by Crippen LogP contribution is 2.10. The molecule has 134 valence electrons. The predicted octanol–water partition coefficient (Wildman–Crippen LogP) is 2.12. The van der Waals surface area contributed by atoms with Crippen LogP contribution in [0, 0.1) is 5.82 Å². The lowest BCUT2D eigenvalue weighted by Gasteiger charge is -2.07. The SMILES string of the molecule is CNS(=O)(=O)Cc1ccc(CNC(=O)CCc2ccccc2F)cc1. The third-order valence-electron chi connectivity index (χ3n) is 3.76. The van der Waals surface area contributed by atoms with Gasteiger partial charge in [0.2, 0.25) is 15.9 Å². The second-order valence-corrected chi connectivity index (χ2v) is 7.57. The summed E-state index contributed by atoms with van der Waals surface area (Å²) in [5.74, 6) is -0.550. The molecule has 0 saturated carbocycles. The second-order valence-electron chi connectivity index (χ2n) is 5.65. The van der Waals surface area contributed by atoms with Gasteiger partial charge in [0.15, 0.2) is 0 Å². The lowest BCUT2D eigenvalue weighted by molar-refractivity contribution is -0.121. The summed E-state index contributed by atoms with van der Waals surface area (Å²) >= 11 is 0. The van der Waals surface area contributed by atoms with Gasteiger partial charge in [-0.3, -0.25) is 4.79 Å². The number of carbonyl (C=O) groups is 1. The third kappa shape index (κ3) is 6.28. The molecular formula is C18H21FN2O3S. The highest BCUT2D eigenvalue weighted by molar-refractivity contribution is 7.88. The fourth-order valence-corrected chi connectivity index (χ4v) is 3.06. The minimum absolute atomic E-state index is 0.0845. The van der Waals surface area contributed by atoms with Crippen LogP contribution in [-0.4, -0.2) is 21.4 Å². The topological polar surface area (TPSA) is 75.3 Å². The van der Waals surface area contributed by atoms with Crippen LogP contribution >= 0.6 is 0 Å². The Kier molecular flexibility index (Phi) is 6.66. The van der Waals surface area contributed by atoms with Crippen molar-refractivity contribution in [3.8, 4) is 0 Å². The monoisotopic (exact) mass is 364 g/mol. The predicted molar refractivity (Wildman–Crippen MR) is 94.7 cm³/mol. The molecule has 0 atom stereocenters. The van der Waals surface area contributed by atoms with Crippen molar-refractivity contribution in [1.82, 2.24) is 10.0 Å². The Bertz CT molecular complexity index is 820. The molecule has 0 aliphatic heterocycles. The average Bonchev–Trinajstić information content (AvgIpc) is 2.60. The molecule has 0 aromatic heterocycles. The van der Waals surface area contributed by atoms with Crippen LogP contribution in [0.3, 0.4) is 0 Å². The van der Waals surface area contributed by atoms with Crippen LogP contribution in [-0.2, 0) is 33.5 Å². The van der Waals surface area contributed by atoms with Gasteiger partial charge in [-0.1, -0.05) is 42.5 Å². The van der Waals surface area contributed by atoms with Crippen molar-refractivity contribution in [3.63, 3.8) is 0 Å². The smallest absolute Gasteiger partial charge is 0.220 e. The second kappa shape index (κ2) is 8.73. The molecule has 0 spiro atoms. The zero-order valence-corrected chi connectivity index (χ0v) is 14.8. The number of carbonyl (C=O) groups excluding carboxylic acids is 1. The number of hydrogen-bond donors (Lipinski definition) is 2. The van der Waals surface area contributed by atoms with Crippen LogP contribution in [0.2, 0.25) is 0 Å². The Hall–Kier alpha value is -2.25. The summed E-state index contributed by atoms with van der Waals surface area (Å²) in [6, 6.07) is 13.4. The molecular weight excluding hydrogens is 343 g/mol. The van der Waals surface area contributed by atoms with E-state index in [0.29, 0.717) is 24.1 Å². The van der Waals surface area contributed by atoms with Crippen molar-refractivity contribution >= 4 is 15.9 Å². The van der Waals surface area contributed by atoms with E-state index in [1.54, 1.807) is 42.5 Å². The summed E-state index contributed by atoms with van der Waals surface area (Å²) in [5, 5.41) is 2.78. The highest BCUT2D eigenvalue weighted by Gasteiger charge is 2.09. The van der Waals surface area contributed by atoms with E-state index in [1.807, 2.05) is 0 Å². The van der Waals surface area contributed by atoms with E-state index >= 15 is 0 Å². The van der Waals surface area contributed by atoms with Crippen molar-refractivity contribution in [2.75, 3.05) is 7.05 Å². The van der Waals surface area contributed by atoms with Crippen molar-refractivity contribution in [2.24, 2.45) is 0 Å². The zero-order valence-electron chi connectivity index (χ0n) is 14.0. The highest BCUT2D eigenvalue weighted by atomic mass is 32.2. The molecule has 5 nitrogen and oxygen atoms in total. The quantitative estimate of drug-likeness (QED) is 0.753. The van der Waals surface area contributed by atoms with E-state index in [9.17, 15) is 17.6 Å². The summed E-state index contributed by atoms with van der Waals surface area (Å²) in [6.07, 6.45) is 0.554. The molecule has 2 aromatic rings. The Balaban J connectivity index is 1.81. The van der Waals surface area contributed by atoms with Gasteiger partial charge in [-0.15, -0.1) is 0 Å². The first-order valence-corrected chi connectivity index (χ1v) is 9.54. The average molecular weight is 364 g/mol. The van der Waals surface area contributed by atoms with E-state index in [1.165, 1.54) is 13.1 Å². The van der Waals surface area contributed by atoms with Gasteiger partial charge in [-0.2, -0.15) is 0 Å². The summed E-state index contributed by atoms with van der Waals surface area (Å²) in [5.41, 5.74) is 2.06. The molecule has 7 heteroatoms. The van der Waals surface area contributed by atoms with Crippen LogP contribution in [0.1, 0.15) is 23.1 Å². The van der Waals surface area contributed by atoms with Crippen LogP contribution in [0.4, 0.5) is 4.39 Å². The van der Waals surface area contributed by atoms with Crippen molar-refractivity contribution in [3.05, 3.63) is 71.0 Å². The largest absolute Gasteiger partial charge is 0.352 e. The summed E-state index contributed by atoms with van der Waals surface area (Å²) < 4.78 is 38.7. The number of rotatable bonds is 8. The normalized spacial score (nSPS) is 11.3. The Morgan fingerprint density at radius 1 is 1.04 bits per heavy atom. The lowest BCUT2D eigenvalue weighted by Crippen LogP contribution is -2.23. The summed E-state index contributed by atoms with van der Waals surface area (Å²) in [6.45, 7) is 0.342. The molecule has 0 heterocycles. The third-order valence-corrected chi connectivity index (χ3v) is 5.09. The van der Waals surface area contributed by atoms with Crippen molar-refractivity contribution in [2.45, 2.75) is 25.1 Å². The van der Waals surface area contributed by atoms with Gasteiger partial charge in [0, 0.05) is 13.0 Å². The molecule has 0 radical (unpaired) electrons. The number of sulfonamides is 1. The first-order valence-electron chi connectivity index (χ1n) is 7.89. The molecule has 0 aliphatic carbocycles. The Morgan fingerprint density at radius 2 is 1.68 bits per heavy atom. The summed E-state index contributed by atoms with van der Waals surface area (Å²) in [4.78, 5) is 11.9. The van der Waals surface area contributed by atoms with Crippen LogP contribution in [0.15, 0.2) is 48.5 Å². The first-order chi connectivity index (χ1) is 11.9. The standard InChI is InChI=1S/C18H21FN2O3S/c1-20-25(23,24)13-15-8-6-14(7-9-15)12-21-18(22)11-10-16-4-2-3-5-17(16)19/h2-9,20H,10-13H2,1H3,(H,21,22). The van der Waals surface area contributed by atoms with Crippen LogP contribution < -0.4 is 10.0 Å². The molecule has 0 saturated heterocycles. The van der Waals surface area contributed by atoms with Gasteiger partial charge in [0.25, 0.3) is 0 Å². The van der Waals surface area contributed by atoms with Crippen molar-refractivity contribution < 1.29 is 17.6 Å². The number of hydrogen-bond acceptors (Lipinski definition) is 3. The number of halogens is 1. The first kappa shape index (κ1) is 19.1. The van der Waals surface area contributed by atoms with Gasteiger partial charge >= 0.3 is 0 Å². The van der Waals surface area contributed by atoms with Gasteiger partial charge < -0.3 is 5.32 Å². The van der Waals surface area contributed by atoms with Crippen LogP contribution in [0.25, 0.3) is 0 Å². The number of aryl methyl sites for hydroxylation is 1. The van der Waals surface area contributed by atoms with E-state index in [2.05, 4.69) is 10.0 Å². The van der Waals surface area contributed by atoms with Gasteiger partial charge in [0.1, 0.15) is 5.82 Å². The number of amides is 1. The van der Waals surface area contributed by atoms with E-state index in [0.717, 1.165) is 5.56 Å². The number of nitrogens with one attached hydrogen (secondary N) is 2. The molecule has 2 aromatic carbocycles. The van der Waals surface area contributed by atoms with E-state index in [4.69, 9.17) is 0 Å². The van der Waals surface area contributed by atoms with E-state index < -0.39 is 10.0 Å². The Morgan fingerprint density at radius 3 is 2.32 bits per heavy atom. The summed E-state index contributed by atoms with van der Waals surface area (Å²) in [7, 11) is -1.92. The molecule has 25 heavy (non-hydrogen) atoms. The fraction of sp³-hybridized carbons (Fsp3) is 0.278. The van der Waals surface area contributed by atoms with Crippen molar-refractivity contribution in [1.29, 1.82) is 0 Å². The molecule has 0 unspecified atom stereocenters. The van der Waals surface area contributed by atoms with E-state index in [-0.39, 0.29) is 23.9 Å². The minimum atomic E-state index is -3.30. The minimum Gasteiger partial charge on any atom is -0.352 e. The zero-order chi connectivity index (χ0) is 18.3. The van der Waals surface area contributed by atoms with Gasteiger partial charge in [-0.05, 0) is 36.2 Å². The maximum atomic E-state index is 13.5. The molecule has 1 amide bonds.